The van der Waals surface area contributed by atoms with Gasteiger partial charge in [0.25, 0.3) is 7.82 Å². The van der Waals surface area contributed by atoms with E-state index >= 15 is 0 Å². The Kier molecular flexibility index (Phi) is 31.1. The zero-order valence-electron chi connectivity index (χ0n) is 32.1. The van der Waals surface area contributed by atoms with Gasteiger partial charge in [-0.25, -0.2) is 0 Å². The van der Waals surface area contributed by atoms with Crippen molar-refractivity contribution in [3.8, 4) is 0 Å². The minimum atomic E-state index is -4.64. The number of unbranched alkanes of at least 4 members (excludes halogenated alkanes) is 13. The predicted octanol–water partition coefficient (Wildman–Crippen LogP) is 9.49. The van der Waals surface area contributed by atoms with Crippen LogP contribution in [-0.4, -0.2) is 70.0 Å². The molecule has 0 saturated carbocycles. The van der Waals surface area contributed by atoms with Crippen LogP contribution in [0.15, 0.2) is 60.8 Å². The van der Waals surface area contributed by atoms with Gasteiger partial charge in [-0.2, -0.15) is 0 Å². The smallest absolute Gasteiger partial charge is 0.306 e. The highest BCUT2D eigenvalue weighted by atomic mass is 31.2. The number of quaternary nitrogens is 1. The monoisotopic (exact) mass is 723 g/mol. The first kappa shape index (κ1) is 47.7. The molecule has 0 heterocycles. The highest BCUT2D eigenvalue weighted by molar-refractivity contribution is 7.45. The van der Waals surface area contributed by atoms with Gasteiger partial charge >= 0.3 is 11.9 Å². The molecule has 0 aliphatic carbocycles. The van der Waals surface area contributed by atoms with Gasteiger partial charge in [0.1, 0.15) is 19.8 Å². The molecule has 0 spiro atoms. The number of phosphoric acid groups is 1. The van der Waals surface area contributed by atoms with Crippen molar-refractivity contribution in [2.75, 3.05) is 47.5 Å². The van der Waals surface area contributed by atoms with E-state index in [0.29, 0.717) is 23.9 Å². The summed E-state index contributed by atoms with van der Waals surface area (Å²) in [5, 5.41) is 0. The molecule has 2 atom stereocenters. The molecule has 0 aromatic heterocycles. The molecular formula is C40H70NO8P. The summed E-state index contributed by atoms with van der Waals surface area (Å²) < 4.78 is 33.6. The van der Waals surface area contributed by atoms with E-state index in [1.54, 1.807) is 0 Å². The van der Waals surface area contributed by atoms with Gasteiger partial charge in [0.15, 0.2) is 6.10 Å². The van der Waals surface area contributed by atoms with Crippen molar-refractivity contribution in [1.29, 1.82) is 0 Å². The topological polar surface area (TPSA) is 111 Å². The van der Waals surface area contributed by atoms with Gasteiger partial charge in [-0.05, 0) is 25.7 Å². The van der Waals surface area contributed by atoms with Crippen LogP contribution in [0.3, 0.4) is 0 Å². The molecular weight excluding hydrogens is 653 g/mol. The fourth-order valence-corrected chi connectivity index (χ4v) is 5.41. The molecule has 2 unspecified atom stereocenters. The molecule has 10 heteroatoms. The number of carbonyl (C=O) groups is 2. The van der Waals surface area contributed by atoms with Crippen molar-refractivity contribution >= 4 is 19.8 Å². The minimum absolute atomic E-state index is 0.0461. The number of esters is 2. The van der Waals surface area contributed by atoms with E-state index in [-0.39, 0.29) is 26.1 Å². The zero-order chi connectivity index (χ0) is 37.2. The summed E-state index contributed by atoms with van der Waals surface area (Å²) in [7, 11) is 1.11. The lowest BCUT2D eigenvalue weighted by Crippen LogP contribution is -2.37. The molecule has 0 amide bonds. The molecule has 0 saturated heterocycles. The summed E-state index contributed by atoms with van der Waals surface area (Å²) in [6.45, 7) is 3.96. The molecule has 0 aromatic carbocycles. The lowest BCUT2D eigenvalue weighted by molar-refractivity contribution is -0.870. The number of ether oxygens (including phenoxy) is 2. The van der Waals surface area contributed by atoms with Gasteiger partial charge in [-0.3, -0.25) is 14.2 Å². The fraction of sp³-hybridized carbons (Fsp3) is 0.700. The van der Waals surface area contributed by atoms with Crippen LogP contribution in [0.2, 0.25) is 0 Å². The summed E-state index contributed by atoms with van der Waals surface area (Å²) in [6.07, 6.45) is 36.9. The molecule has 0 fully saturated rings. The molecule has 0 aliphatic rings. The first-order chi connectivity index (χ1) is 24.0. The van der Waals surface area contributed by atoms with Crippen molar-refractivity contribution in [3.63, 3.8) is 0 Å². The summed E-state index contributed by atoms with van der Waals surface area (Å²) >= 11 is 0. The van der Waals surface area contributed by atoms with Gasteiger partial charge in [0.05, 0.1) is 27.7 Å². The van der Waals surface area contributed by atoms with E-state index in [4.69, 9.17) is 18.5 Å². The van der Waals surface area contributed by atoms with Gasteiger partial charge in [0.2, 0.25) is 0 Å². The van der Waals surface area contributed by atoms with Crippen molar-refractivity contribution < 1.29 is 42.1 Å². The number of hydrogen-bond donors (Lipinski definition) is 0. The van der Waals surface area contributed by atoms with E-state index in [1.807, 2.05) is 75.8 Å². The Morgan fingerprint density at radius 2 is 1.14 bits per heavy atom. The Bertz CT molecular complexity index is 1040. The van der Waals surface area contributed by atoms with Crippen LogP contribution < -0.4 is 4.89 Å². The van der Waals surface area contributed by atoms with Crippen LogP contribution in [-0.2, 0) is 32.7 Å². The lowest BCUT2D eigenvalue weighted by Gasteiger charge is -2.28. The molecule has 0 bridgehead atoms. The Hall–Kier alpha value is -2.29. The molecule has 0 aromatic rings. The Balaban J connectivity index is 4.57. The molecule has 9 nitrogen and oxygen atoms in total. The lowest BCUT2D eigenvalue weighted by atomic mass is 10.0. The van der Waals surface area contributed by atoms with Crippen molar-refractivity contribution in [2.24, 2.45) is 0 Å². The van der Waals surface area contributed by atoms with Crippen LogP contribution in [0.5, 0.6) is 0 Å². The molecule has 50 heavy (non-hydrogen) atoms. The highest BCUT2D eigenvalue weighted by Gasteiger charge is 2.21. The first-order valence-electron chi connectivity index (χ1n) is 19.1. The summed E-state index contributed by atoms with van der Waals surface area (Å²) in [5.41, 5.74) is 0. The Labute approximate surface area is 305 Å². The highest BCUT2D eigenvalue weighted by Crippen LogP contribution is 2.38. The molecule has 288 valence electrons. The molecule has 0 rings (SSSR count). The number of nitrogens with zero attached hydrogens (tertiary/aromatic N) is 1. The molecule has 0 radical (unpaired) electrons. The largest absolute Gasteiger partial charge is 0.756 e. The van der Waals surface area contributed by atoms with E-state index in [2.05, 4.69) is 19.9 Å². The standard InChI is InChI=1S/C40H70NO8P/c1-6-8-10-12-14-16-18-20-22-24-26-28-30-32-39(42)46-36-38(37-48-50(44,45)47-35-34-41(3,4)5)49-40(43)33-31-29-27-25-23-21-19-17-15-13-11-9-7-2/h9,11,13,15,17,19,21,23,25,27,38H,6-8,10,12,14,16,18,20,22,24,26,28-37H2,1-5H3/b11-9+,15-13+,19-17+,23-21+,27-25+. The van der Waals surface area contributed by atoms with E-state index in [9.17, 15) is 19.0 Å². The number of likely N-dealkylation sites (N-methyl/N-ethyl adjacent to an activating group) is 1. The van der Waals surface area contributed by atoms with Crippen LogP contribution in [0.1, 0.15) is 129 Å². The summed E-state index contributed by atoms with van der Waals surface area (Å²) in [5.74, 6) is -0.926. The molecule has 0 aliphatic heterocycles. The quantitative estimate of drug-likeness (QED) is 0.0217. The third kappa shape index (κ3) is 35.5. The number of hydrogen-bond acceptors (Lipinski definition) is 8. The minimum Gasteiger partial charge on any atom is -0.756 e. The van der Waals surface area contributed by atoms with Crippen molar-refractivity contribution in [2.45, 2.75) is 136 Å². The van der Waals surface area contributed by atoms with E-state index < -0.39 is 32.5 Å². The number of carbonyl (C=O) groups excluding carboxylic acids is 2. The Morgan fingerprint density at radius 1 is 0.640 bits per heavy atom. The van der Waals surface area contributed by atoms with Gasteiger partial charge in [0, 0.05) is 12.8 Å². The second-order valence-electron chi connectivity index (χ2n) is 13.7. The second-order valence-corrected chi connectivity index (χ2v) is 15.1. The maximum atomic E-state index is 12.6. The van der Waals surface area contributed by atoms with Crippen molar-refractivity contribution in [3.05, 3.63) is 60.8 Å². The average Bonchev–Trinajstić information content (AvgIpc) is 3.06. The van der Waals surface area contributed by atoms with Gasteiger partial charge < -0.3 is 27.9 Å². The second kappa shape index (κ2) is 32.6. The zero-order valence-corrected chi connectivity index (χ0v) is 33.0. The van der Waals surface area contributed by atoms with Gasteiger partial charge in [-0.1, -0.05) is 152 Å². The maximum Gasteiger partial charge on any atom is 0.306 e. The van der Waals surface area contributed by atoms with Crippen molar-refractivity contribution in [1.82, 2.24) is 0 Å². The maximum absolute atomic E-state index is 12.6. The normalized spacial score (nSPS) is 14.4. The fourth-order valence-electron chi connectivity index (χ4n) is 4.68. The van der Waals surface area contributed by atoms with Gasteiger partial charge in [-0.15, -0.1) is 0 Å². The third-order valence-corrected chi connectivity index (χ3v) is 8.64. The SMILES string of the molecule is CC/C=C/C=C/C=C/C=C/C=C/CCCC(=O)OC(COC(=O)CCCCCCCCCCCCCCC)COP(=O)([O-])OCC[N+](C)(C)C. The van der Waals surface area contributed by atoms with Crippen LogP contribution in [0.4, 0.5) is 0 Å². The first-order valence-corrected chi connectivity index (χ1v) is 20.5. The predicted molar refractivity (Wildman–Crippen MR) is 203 cm³/mol. The van der Waals surface area contributed by atoms with Crippen LogP contribution in [0.25, 0.3) is 0 Å². The van der Waals surface area contributed by atoms with E-state index in [1.165, 1.54) is 64.2 Å². The number of phosphoric ester groups is 1. The summed E-state index contributed by atoms with van der Waals surface area (Å²) in [4.78, 5) is 37.3. The van der Waals surface area contributed by atoms with E-state index in [0.717, 1.165) is 25.7 Å². The Morgan fingerprint density at radius 3 is 1.68 bits per heavy atom. The third-order valence-electron chi connectivity index (χ3n) is 7.68. The molecule has 0 N–H and O–H groups in total. The van der Waals surface area contributed by atoms with Crippen LogP contribution >= 0.6 is 7.82 Å². The average molecular weight is 724 g/mol. The number of rotatable bonds is 33. The summed E-state index contributed by atoms with van der Waals surface area (Å²) in [6, 6.07) is 0. The number of allylic oxidation sites excluding steroid dienone is 10. The van der Waals surface area contributed by atoms with Crippen LogP contribution in [0, 0.1) is 0 Å².